The molecule has 0 saturated carbocycles. The number of hydrogen-bond donors (Lipinski definition) is 1. The van der Waals surface area contributed by atoms with Crippen LogP contribution in [0.25, 0.3) is 0 Å². The molecule has 2 nitrogen and oxygen atoms in total. The van der Waals surface area contributed by atoms with Crippen molar-refractivity contribution in [2.24, 2.45) is 0 Å². The molecule has 2 heteroatoms. The lowest BCUT2D eigenvalue weighted by molar-refractivity contribution is 0.0987. The number of fused-ring (bicyclic) bond motifs is 4. The molecule has 1 aliphatic carbocycles. The Morgan fingerprint density at radius 1 is 1.56 bits per heavy atom. The first kappa shape index (κ1) is 11.8. The summed E-state index contributed by atoms with van der Waals surface area (Å²) in [5.41, 5.74) is 3.03. The summed E-state index contributed by atoms with van der Waals surface area (Å²) in [4.78, 5) is 2.55. The van der Waals surface area contributed by atoms with Gasteiger partial charge in [-0.25, -0.2) is 0 Å². The minimum atomic E-state index is 0.245. The number of rotatable bonds is 2. The van der Waals surface area contributed by atoms with Crippen molar-refractivity contribution < 1.29 is 5.11 Å². The maximum absolute atomic E-state index is 9.71. The van der Waals surface area contributed by atoms with Crippen molar-refractivity contribution in [1.82, 2.24) is 4.90 Å². The molecule has 3 rings (SSSR count). The first-order valence-corrected chi connectivity index (χ1v) is 6.80. The summed E-state index contributed by atoms with van der Waals surface area (Å²) in [6, 6.07) is 6.54. The van der Waals surface area contributed by atoms with Gasteiger partial charge < -0.3 is 5.11 Å². The molecule has 2 bridgehead atoms. The van der Waals surface area contributed by atoms with Crippen LogP contribution in [0.5, 0.6) is 5.75 Å². The van der Waals surface area contributed by atoms with Crippen LogP contribution in [-0.2, 0) is 11.8 Å². The maximum atomic E-state index is 9.71. The Morgan fingerprint density at radius 2 is 2.39 bits per heavy atom. The first-order chi connectivity index (χ1) is 8.62. The van der Waals surface area contributed by atoms with Gasteiger partial charge in [-0.3, -0.25) is 4.90 Å². The molecule has 18 heavy (non-hydrogen) atoms. The molecule has 96 valence electrons. The topological polar surface area (TPSA) is 23.5 Å². The monoisotopic (exact) mass is 243 g/mol. The molecular formula is C16H21NO. The maximum Gasteiger partial charge on any atom is 0.115 e. The molecule has 0 amide bonds. The van der Waals surface area contributed by atoms with Gasteiger partial charge in [0.05, 0.1) is 0 Å². The van der Waals surface area contributed by atoms with Gasteiger partial charge in [-0.1, -0.05) is 19.1 Å². The Bertz CT molecular complexity index is 482. The lowest BCUT2D eigenvalue weighted by Crippen LogP contribution is -2.51. The summed E-state index contributed by atoms with van der Waals surface area (Å²) >= 11 is 0. The van der Waals surface area contributed by atoms with E-state index >= 15 is 0 Å². The van der Waals surface area contributed by atoms with Crippen molar-refractivity contribution >= 4 is 0 Å². The molecule has 2 atom stereocenters. The smallest absolute Gasteiger partial charge is 0.115 e. The van der Waals surface area contributed by atoms with Crippen molar-refractivity contribution in [2.45, 2.75) is 37.6 Å². The van der Waals surface area contributed by atoms with Crippen LogP contribution >= 0.6 is 0 Å². The van der Waals surface area contributed by atoms with Crippen LogP contribution in [0.1, 0.15) is 30.9 Å². The van der Waals surface area contributed by atoms with Crippen molar-refractivity contribution in [3.63, 3.8) is 0 Å². The average molecular weight is 243 g/mol. The van der Waals surface area contributed by atoms with E-state index in [4.69, 9.17) is 0 Å². The number of nitrogens with zero attached hydrogens (tertiary/aromatic N) is 1. The SMILES string of the molecule is C=CCN1CC[C@@]2(C)C[C@@H]1Cc1ccc(O)cc12. The zero-order valence-corrected chi connectivity index (χ0v) is 11.0. The zero-order chi connectivity index (χ0) is 12.8. The van der Waals surface area contributed by atoms with Crippen LogP contribution in [0.4, 0.5) is 0 Å². The molecule has 1 saturated heterocycles. The third kappa shape index (κ3) is 1.76. The molecular weight excluding hydrogens is 222 g/mol. The molecule has 1 aromatic carbocycles. The van der Waals surface area contributed by atoms with E-state index in [1.165, 1.54) is 24.0 Å². The predicted octanol–water partition coefficient (Wildman–Crippen LogP) is 2.86. The third-order valence-electron chi connectivity index (χ3n) is 4.72. The highest BCUT2D eigenvalue weighted by Gasteiger charge is 2.42. The van der Waals surface area contributed by atoms with Crippen LogP contribution in [0.2, 0.25) is 0 Å². The third-order valence-corrected chi connectivity index (χ3v) is 4.72. The van der Waals surface area contributed by atoms with Gasteiger partial charge in [0.25, 0.3) is 0 Å². The molecule has 0 spiro atoms. The molecule has 2 aliphatic rings. The second-order valence-electron chi connectivity index (χ2n) is 6.00. The molecule has 0 unspecified atom stereocenters. The second-order valence-corrected chi connectivity index (χ2v) is 6.00. The minimum Gasteiger partial charge on any atom is -0.508 e. The van der Waals surface area contributed by atoms with Crippen molar-refractivity contribution in [3.05, 3.63) is 42.0 Å². The summed E-state index contributed by atoms with van der Waals surface area (Å²) in [5, 5.41) is 9.71. The Labute approximate surface area is 109 Å². The van der Waals surface area contributed by atoms with Gasteiger partial charge in [-0.15, -0.1) is 6.58 Å². The quantitative estimate of drug-likeness (QED) is 0.807. The van der Waals surface area contributed by atoms with Crippen LogP contribution in [-0.4, -0.2) is 29.1 Å². The van der Waals surface area contributed by atoms with Gasteiger partial charge in [-0.2, -0.15) is 0 Å². The average Bonchev–Trinajstić information content (AvgIpc) is 2.34. The number of benzene rings is 1. The van der Waals surface area contributed by atoms with Crippen molar-refractivity contribution in [3.8, 4) is 5.75 Å². The number of likely N-dealkylation sites (tertiary alicyclic amines) is 1. The van der Waals surface area contributed by atoms with Gasteiger partial charge in [0.1, 0.15) is 5.75 Å². The number of aromatic hydroxyl groups is 1. The van der Waals surface area contributed by atoms with Gasteiger partial charge in [0.2, 0.25) is 0 Å². The fourth-order valence-electron chi connectivity index (χ4n) is 3.73. The molecule has 1 heterocycles. The summed E-state index contributed by atoms with van der Waals surface area (Å²) < 4.78 is 0. The van der Waals surface area contributed by atoms with Crippen LogP contribution in [0.15, 0.2) is 30.9 Å². The van der Waals surface area contributed by atoms with Crippen LogP contribution in [0, 0.1) is 0 Å². The zero-order valence-electron chi connectivity index (χ0n) is 11.0. The molecule has 0 radical (unpaired) electrons. The van der Waals surface area contributed by atoms with E-state index in [9.17, 15) is 5.11 Å². The molecule has 0 aromatic heterocycles. The van der Waals surface area contributed by atoms with Crippen molar-refractivity contribution in [1.29, 1.82) is 0 Å². The molecule has 1 aromatic rings. The second kappa shape index (κ2) is 4.13. The molecule has 1 aliphatic heterocycles. The van der Waals surface area contributed by atoms with Crippen LogP contribution < -0.4 is 0 Å². The van der Waals surface area contributed by atoms with Gasteiger partial charge in [0.15, 0.2) is 0 Å². The van der Waals surface area contributed by atoms with Gasteiger partial charge in [0, 0.05) is 12.6 Å². The molecule has 1 fully saturated rings. The Balaban J connectivity index is 1.99. The first-order valence-electron chi connectivity index (χ1n) is 6.80. The molecule has 1 N–H and O–H groups in total. The standard InChI is InChI=1S/C16H21NO/c1-3-7-17-8-6-16(2)11-13(17)9-12-4-5-14(18)10-15(12)16/h3-5,10,13,18H,1,6-9,11H2,2H3/t13-,16-/m0/s1. The minimum absolute atomic E-state index is 0.245. The highest BCUT2D eigenvalue weighted by Crippen LogP contribution is 2.45. The van der Waals surface area contributed by atoms with E-state index in [1.807, 2.05) is 18.2 Å². The largest absolute Gasteiger partial charge is 0.508 e. The number of hydrogen-bond acceptors (Lipinski definition) is 2. The fourth-order valence-corrected chi connectivity index (χ4v) is 3.73. The number of phenolic OH excluding ortho intramolecular Hbond substituents is 1. The van der Waals surface area contributed by atoms with E-state index in [0.29, 0.717) is 11.8 Å². The predicted molar refractivity (Wildman–Crippen MR) is 74.0 cm³/mol. The Morgan fingerprint density at radius 3 is 3.17 bits per heavy atom. The fraction of sp³-hybridized carbons (Fsp3) is 0.500. The summed E-state index contributed by atoms with van der Waals surface area (Å²) in [6.07, 6.45) is 5.50. The van der Waals surface area contributed by atoms with E-state index in [2.05, 4.69) is 24.5 Å². The van der Waals surface area contributed by atoms with Crippen LogP contribution in [0.3, 0.4) is 0 Å². The Hall–Kier alpha value is -1.28. The van der Waals surface area contributed by atoms with E-state index in [0.717, 1.165) is 19.5 Å². The van der Waals surface area contributed by atoms with Crippen molar-refractivity contribution in [2.75, 3.05) is 13.1 Å². The lowest BCUT2D eigenvalue weighted by atomic mass is 9.65. The Kier molecular flexibility index (Phi) is 2.70. The highest BCUT2D eigenvalue weighted by molar-refractivity contribution is 5.43. The van der Waals surface area contributed by atoms with E-state index < -0.39 is 0 Å². The van der Waals surface area contributed by atoms with Gasteiger partial charge in [-0.05, 0) is 54.5 Å². The van der Waals surface area contributed by atoms with Gasteiger partial charge >= 0.3 is 0 Å². The highest BCUT2D eigenvalue weighted by atomic mass is 16.3. The summed E-state index contributed by atoms with van der Waals surface area (Å²) in [6.45, 7) is 8.34. The van der Waals surface area contributed by atoms with E-state index in [1.54, 1.807) is 0 Å². The summed E-state index contributed by atoms with van der Waals surface area (Å²) in [5.74, 6) is 0.405. The lowest BCUT2D eigenvalue weighted by Gasteiger charge is -2.49. The van der Waals surface area contributed by atoms with E-state index in [-0.39, 0.29) is 5.41 Å². The number of piperidine rings is 1. The summed E-state index contributed by atoms with van der Waals surface area (Å²) in [7, 11) is 0. The number of phenols is 1. The normalized spacial score (nSPS) is 30.8.